The van der Waals surface area contributed by atoms with Crippen molar-refractivity contribution in [2.24, 2.45) is 0 Å². The maximum atomic E-state index is 14.4. The lowest BCUT2D eigenvalue weighted by Crippen LogP contribution is -2.44. The monoisotopic (exact) mass is 772 g/mol. The van der Waals surface area contributed by atoms with E-state index in [9.17, 15) is 9.59 Å². The summed E-state index contributed by atoms with van der Waals surface area (Å²) in [6, 6.07) is 34.8. The van der Waals surface area contributed by atoms with Gasteiger partial charge in [0.2, 0.25) is 5.91 Å². The van der Waals surface area contributed by atoms with Crippen LogP contribution >= 0.6 is 0 Å². The van der Waals surface area contributed by atoms with Crippen molar-refractivity contribution in [2.45, 2.75) is 63.1 Å². The number of imidazole rings is 2. The molecule has 3 aliphatic rings. The second kappa shape index (κ2) is 16.5. The van der Waals surface area contributed by atoms with E-state index in [-0.39, 0.29) is 29.9 Å². The first-order valence-corrected chi connectivity index (χ1v) is 20.9. The smallest absolute Gasteiger partial charge is 0.254 e. The zero-order chi connectivity index (χ0) is 39.6. The van der Waals surface area contributed by atoms with E-state index in [4.69, 9.17) is 9.97 Å². The van der Waals surface area contributed by atoms with E-state index in [0.717, 1.165) is 121 Å². The summed E-state index contributed by atoms with van der Waals surface area (Å²) in [4.78, 5) is 53.0. The van der Waals surface area contributed by atoms with Gasteiger partial charge < -0.3 is 24.7 Å². The van der Waals surface area contributed by atoms with Crippen molar-refractivity contribution in [3.8, 4) is 33.6 Å². The van der Waals surface area contributed by atoms with Gasteiger partial charge in [-0.2, -0.15) is 0 Å². The summed E-state index contributed by atoms with van der Waals surface area (Å²) in [6.45, 7) is 3.38. The fraction of sp³-hybridized carbons (Fsp3) is 0.333. The number of piperidine rings is 1. The molecular formula is C48H52N8O2. The standard InChI is InChI=1S/C48H52N8O2/c1-53(2)39-25-23-38(24-26-39)47(57)55-29-9-13-42(55)45-49-31-40(51-45)35-19-15-33(16-20-35)34-17-21-36(22-18-34)41-32-50-46(52-41)43-14-10-30-56(43)48(58)44(37-11-5-3-6-12-37)54-27-7-4-8-28-54/h3,5-6,11-12,15-26,31-32,42-44H,4,7-10,13-14,27-30H2,1-2H3,(H,49,51)(H,50,52)/t42-,43-,44?/m0/s1. The molecule has 6 aromatic rings. The number of nitrogens with zero attached hydrogens (tertiary/aromatic N) is 6. The molecule has 9 rings (SSSR count). The van der Waals surface area contributed by atoms with Gasteiger partial charge in [0.15, 0.2) is 0 Å². The first-order chi connectivity index (χ1) is 28.4. The second-order valence-corrected chi connectivity index (χ2v) is 16.2. The molecule has 3 saturated heterocycles. The van der Waals surface area contributed by atoms with Crippen LogP contribution in [0, 0.1) is 0 Å². The molecular weight excluding hydrogens is 721 g/mol. The summed E-state index contributed by atoms with van der Waals surface area (Å²) in [5.41, 5.74) is 9.08. The molecule has 1 unspecified atom stereocenters. The quantitative estimate of drug-likeness (QED) is 0.144. The number of carbonyl (C=O) groups is 2. The first-order valence-electron chi connectivity index (χ1n) is 20.9. The molecule has 58 heavy (non-hydrogen) atoms. The Balaban J connectivity index is 0.857. The number of nitrogens with one attached hydrogen (secondary N) is 2. The minimum Gasteiger partial charge on any atom is -0.378 e. The molecule has 2 amide bonds. The molecule has 3 atom stereocenters. The van der Waals surface area contributed by atoms with Crippen LogP contribution in [0.5, 0.6) is 0 Å². The molecule has 0 bridgehead atoms. The average molecular weight is 773 g/mol. The molecule has 0 saturated carbocycles. The summed E-state index contributed by atoms with van der Waals surface area (Å²) >= 11 is 0. The van der Waals surface area contributed by atoms with Gasteiger partial charge in [0, 0.05) is 38.4 Å². The summed E-state index contributed by atoms with van der Waals surface area (Å²) in [5.74, 6) is 1.91. The van der Waals surface area contributed by atoms with Crippen molar-refractivity contribution in [3.63, 3.8) is 0 Å². The van der Waals surface area contributed by atoms with Gasteiger partial charge in [0.1, 0.15) is 17.7 Å². The van der Waals surface area contributed by atoms with Gasteiger partial charge in [-0.15, -0.1) is 0 Å². The Labute approximate surface area is 340 Å². The zero-order valence-corrected chi connectivity index (χ0v) is 33.5. The molecule has 5 heterocycles. The first kappa shape index (κ1) is 37.6. The number of aromatic nitrogens is 4. The van der Waals surface area contributed by atoms with Crippen LogP contribution in [0.25, 0.3) is 33.6 Å². The number of rotatable bonds is 10. The number of anilines is 1. The maximum absolute atomic E-state index is 14.4. The largest absolute Gasteiger partial charge is 0.378 e. The third-order valence-electron chi connectivity index (χ3n) is 12.3. The van der Waals surface area contributed by atoms with Crippen molar-refractivity contribution < 1.29 is 9.59 Å². The van der Waals surface area contributed by atoms with Gasteiger partial charge in [-0.25, -0.2) is 9.97 Å². The number of benzene rings is 4. The summed E-state index contributed by atoms with van der Waals surface area (Å²) in [7, 11) is 4.00. The van der Waals surface area contributed by atoms with E-state index in [2.05, 4.69) is 80.4 Å². The molecule has 2 N–H and O–H groups in total. The van der Waals surface area contributed by atoms with Crippen LogP contribution < -0.4 is 4.90 Å². The molecule has 0 spiro atoms. The van der Waals surface area contributed by atoms with Crippen molar-refractivity contribution in [3.05, 3.63) is 138 Å². The van der Waals surface area contributed by atoms with Gasteiger partial charge in [-0.1, -0.05) is 85.3 Å². The molecule has 4 aromatic carbocycles. The van der Waals surface area contributed by atoms with Crippen molar-refractivity contribution in [1.82, 2.24) is 34.6 Å². The van der Waals surface area contributed by atoms with Crippen LogP contribution in [0.15, 0.2) is 116 Å². The number of amides is 2. The fourth-order valence-electron chi connectivity index (χ4n) is 9.15. The Bertz CT molecular complexity index is 2330. The Morgan fingerprint density at radius 3 is 1.67 bits per heavy atom. The van der Waals surface area contributed by atoms with Crippen LogP contribution in [0.1, 0.15) is 90.6 Å². The number of hydrogen-bond donors (Lipinski definition) is 2. The van der Waals surface area contributed by atoms with Gasteiger partial charge in [-0.05, 0) is 104 Å². The van der Waals surface area contributed by atoms with Gasteiger partial charge >= 0.3 is 0 Å². The van der Waals surface area contributed by atoms with Gasteiger partial charge in [0.05, 0.1) is 35.9 Å². The van der Waals surface area contributed by atoms with Crippen LogP contribution in [-0.4, -0.2) is 86.7 Å². The maximum Gasteiger partial charge on any atom is 0.254 e. The number of aromatic amines is 2. The molecule has 10 heteroatoms. The van der Waals surface area contributed by atoms with Gasteiger partial charge in [0.25, 0.3) is 5.91 Å². The molecule has 296 valence electrons. The number of hydrogen-bond acceptors (Lipinski definition) is 6. The Hall–Kier alpha value is -6.00. The zero-order valence-electron chi connectivity index (χ0n) is 33.5. The highest BCUT2D eigenvalue weighted by Gasteiger charge is 2.39. The Kier molecular flexibility index (Phi) is 10.7. The molecule has 0 aliphatic carbocycles. The van der Waals surface area contributed by atoms with E-state index in [1.807, 2.05) is 78.8 Å². The van der Waals surface area contributed by atoms with Gasteiger partial charge in [-0.3, -0.25) is 14.5 Å². The molecule has 3 aliphatic heterocycles. The topological polar surface area (TPSA) is 104 Å². The highest BCUT2D eigenvalue weighted by atomic mass is 16.2. The van der Waals surface area contributed by atoms with Crippen LogP contribution in [0.4, 0.5) is 5.69 Å². The summed E-state index contributed by atoms with van der Waals surface area (Å²) in [5, 5.41) is 0. The third kappa shape index (κ3) is 7.56. The highest BCUT2D eigenvalue weighted by Crippen LogP contribution is 2.37. The van der Waals surface area contributed by atoms with Crippen LogP contribution in [0.3, 0.4) is 0 Å². The van der Waals surface area contributed by atoms with Crippen molar-refractivity contribution in [1.29, 1.82) is 0 Å². The number of H-pyrrole nitrogens is 2. The lowest BCUT2D eigenvalue weighted by Gasteiger charge is -2.37. The summed E-state index contributed by atoms with van der Waals surface area (Å²) in [6.07, 6.45) is 11.0. The molecule has 3 fully saturated rings. The van der Waals surface area contributed by atoms with Crippen LogP contribution in [-0.2, 0) is 4.79 Å². The Morgan fingerprint density at radius 1 is 0.603 bits per heavy atom. The van der Waals surface area contributed by atoms with Crippen molar-refractivity contribution in [2.75, 3.05) is 45.2 Å². The number of likely N-dealkylation sites (tertiary alicyclic amines) is 3. The molecule has 10 nitrogen and oxygen atoms in total. The van der Waals surface area contributed by atoms with E-state index in [1.54, 1.807) is 0 Å². The minimum absolute atomic E-state index is 0.0434. The predicted octanol–water partition coefficient (Wildman–Crippen LogP) is 9.07. The number of carbonyl (C=O) groups excluding carboxylic acids is 2. The second-order valence-electron chi connectivity index (χ2n) is 16.2. The molecule has 2 aromatic heterocycles. The SMILES string of the molecule is CN(C)c1ccc(C(=O)N2CCC[C@H]2c2ncc(-c3ccc(-c4ccc(-c5cnc([C@@H]6CCCN6C(=O)C(c6ccccc6)N6CCCCC6)[nH]5)cc4)cc3)[nH]2)cc1. The van der Waals surface area contributed by atoms with E-state index < -0.39 is 0 Å². The average Bonchev–Trinajstić information content (AvgIpc) is 4.12. The minimum atomic E-state index is -0.257. The highest BCUT2D eigenvalue weighted by molar-refractivity contribution is 5.95. The normalized spacial score (nSPS) is 19.1. The van der Waals surface area contributed by atoms with Crippen molar-refractivity contribution >= 4 is 17.5 Å². The summed E-state index contributed by atoms with van der Waals surface area (Å²) < 4.78 is 0. The third-order valence-corrected chi connectivity index (χ3v) is 12.3. The van der Waals surface area contributed by atoms with E-state index in [0.29, 0.717) is 5.56 Å². The van der Waals surface area contributed by atoms with Crippen LogP contribution in [0.2, 0.25) is 0 Å². The predicted molar refractivity (Wildman–Crippen MR) is 229 cm³/mol. The van der Waals surface area contributed by atoms with E-state index in [1.165, 1.54) is 6.42 Å². The lowest BCUT2D eigenvalue weighted by atomic mass is 10.00. The Morgan fingerprint density at radius 2 is 1.12 bits per heavy atom. The molecule has 0 radical (unpaired) electrons. The van der Waals surface area contributed by atoms with E-state index >= 15 is 0 Å². The fourth-order valence-corrected chi connectivity index (χ4v) is 9.15. The lowest BCUT2D eigenvalue weighted by molar-refractivity contribution is -0.139.